The van der Waals surface area contributed by atoms with Crippen molar-refractivity contribution in [3.63, 3.8) is 0 Å². The van der Waals surface area contributed by atoms with E-state index in [0.29, 0.717) is 12.5 Å². The molecule has 1 aromatic carbocycles. The molecule has 6 heteroatoms. The van der Waals surface area contributed by atoms with Crippen LogP contribution in [0.2, 0.25) is 0 Å². The fraction of sp³-hybridized carbons (Fsp3) is 0.545. The number of rotatable bonds is 8. The molecule has 0 atom stereocenters. The van der Waals surface area contributed by atoms with Crippen LogP contribution >= 0.6 is 11.3 Å². The minimum Gasteiger partial charge on any atom is -0.369 e. The molecular formula is C22H32N4OS. The van der Waals surface area contributed by atoms with Gasteiger partial charge in [-0.1, -0.05) is 32.0 Å². The maximum absolute atomic E-state index is 12.5. The van der Waals surface area contributed by atoms with Gasteiger partial charge in [0.1, 0.15) is 4.88 Å². The fourth-order valence-electron chi connectivity index (χ4n) is 3.55. The average molecular weight is 401 g/mol. The van der Waals surface area contributed by atoms with E-state index in [1.54, 1.807) is 11.3 Å². The Morgan fingerprint density at radius 3 is 2.57 bits per heavy atom. The molecule has 0 saturated carbocycles. The van der Waals surface area contributed by atoms with Crippen LogP contribution in [-0.2, 0) is 6.42 Å². The molecule has 0 spiro atoms. The number of anilines is 1. The first kappa shape index (κ1) is 20.8. The largest absolute Gasteiger partial charge is 0.369 e. The predicted octanol–water partition coefficient (Wildman–Crippen LogP) is 3.59. The fourth-order valence-corrected chi connectivity index (χ4v) is 4.75. The molecule has 1 aliphatic rings. The maximum Gasteiger partial charge on any atom is 0.263 e. The van der Waals surface area contributed by atoms with E-state index in [0.717, 1.165) is 61.1 Å². The topological polar surface area (TPSA) is 48.5 Å². The van der Waals surface area contributed by atoms with Gasteiger partial charge in [-0.05, 0) is 37.9 Å². The second kappa shape index (κ2) is 10.0. The summed E-state index contributed by atoms with van der Waals surface area (Å²) in [4.78, 5) is 22.7. The number of carbonyl (C=O) groups is 1. The Bertz CT molecular complexity index is 751. The first-order valence-electron chi connectivity index (χ1n) is 10.3. The van der Waals surface area contributed by atoms with Gasteiger partial charge in [0, 0.05) is 44.8 Å². The van der Waals surface area contributed by atoms with Gasteiger partial charge >= 0.3 is 0 Å². The standard InChI is InChI=1S/C22H32N4OS/c1-17(2)16-20-24-18(3)21(28-20)22(27)23-10-7-11-25-12-14-26(15-13-25)19-8-5-4-6-9-19/h4-6,8-9,17H,7,10-16H2,1-3H3,(H,23,27). The zero-order chi connectivity index (χ0) is 19.9. The number of piperazine rings is 1. The lowest BCUT2D eigenvalue weighted by Gasteiger charge is -2.36. The van der Waals surface area contributed by atoms with Crippen molar-refractivity contribution in [2.24, 2.45) is 5.92 Å². The first-order chi connectivity index (χ1) is 13.5. The highest BCUT2D eigenvalue weighted by atomic mass is 32.1. The lowest BCUT2D eigenvalue weighted by Crippen LogP contribution is -2.47. The Morgan fingerprint density at radius 2 is 1.89 bits per heavy atom. The van der Waals surface area contributed by atoms with Crippen molar-refractivity contribution in [2.75, 3.05) is 44.2 Å². The van der Waals surface area contributed by atoms with E-state index in [2.05, 4.69) is 64.3 Å². The highest BCUT2D eigenvalue weighted by Gasteiger charge is 2.18. The molecule has 1 N–H and O–H groups in total. The third-order valence-electron chi connectivity index (χ3n) is 5.06. The summed E-state index contributed by atoms with van der Waals surface area (Å²) in [6.45, 7) is 12.3. The molecule has 0 bridgehead atoms. The number of aryl methyl sites for hydroxylation is 1. The molecule has 5 nitrogen and oxygen atoms in total. The minimum atomic E-state index is 0.0268. The molecule has 1 fully saturated rings. The zero-order valence-corrected chi connectivity index (χ0v) is 18.1. The van der Waals surface area contributed by atoms with Gasteiger partial charge in [0.25, 0.3) is 5.91 Å². The number of benzene rings is 1. The van der Waals surface area contributed by atoms with Gasteiger partial charge < -0.3 is 10.2 Å². The number of amides is 1. The number of thiazole rings is 1. The van der Waals surface area contributed by atoms with Crippen LogP contribution in [0.4, 0.5) is 5.69 Å². The van der Waals surface area contributed by atoms with Crippen LogP contribution in [0.1, 0.15) is 40.6 Å². The molecule has 152 valence electrons. The van der Waals surface area contributed by atoms with Gasteiger partial charge in [-0.15, -0.1) is 11.3 Å². The summed E-state index contributed by atoms with van der Waals surface area (Å²) in [5.41, 5.74) is 2.17. The Hall–Kier alpha value is -1.92. The van der Waals surface area contributed by atoms with E-state index in [-0.39, 0.29) is 5.91 Å². The predicted molar refractivity (Wildman–Crippen MR) is 117 cm³/mol. The molecule has 1 saturated heterocycles. The quantitative estimate of drug-likeness (QED) is 0.688. The molecule has 2 heterocycles. The number of hydrogen-bond donors (Lipinski definition) is 1. The molecular weight excluding hydrogens is 368 g/mol. The number of nitrogens with zero attached hydrogens (tertiary/aromatic N) is 3. The molecule has 1 aromatic heterocycles. The number of carbonyl (C=O) groups excluding carboxylic acids is 1. The highest BCUT2D eigenvalue weighted by molar-refractivity contribution is 7.13. The normalized spacial score (nSPS) is 15.2. The van der Waals surface area contributed by atoms with E-state index >= 15 is 0 Å². The summed E-state index contributed by atoms with van der Waals surface area (Å²) >= 11 is 1.54. The van der Waals surface area contributed by atoms with Gasteiger partial charge in [0.2, 0.25) is 0 Å². The molecule has 0 radical (unpaired) electrons. The number of para-hydroxylation sites is 1. The minimum absolute atomic E-state index is 0.0268. The molecule has 3 rings (SSSR count). The van der Waals surface area contributed by atoms with Crippen molar-refractivity contribution >= 4 is 22.9 Å². The monoisotopic (exact) mass is 400 g/mol. The summed E-state index contributed by atoms with van der Waals surface area (Å²) in [6, 6.07) is 10.6. The lowest BCUT2D eigenvalue weighted by atomic mass is 10.1. The van der Waals surface area contributed by atoms with Crippen molar-refractivity contribution in [1.82, 2.24) is 15.2 Å². The van der Waals surface area contributed by atoms with Gasteiger partial charge in [-0.25, -0.2) is 4.98 Å². The molecule has 2 aromatic rings. The van der Waals surface area contributed by atoms with E-state index < -0.39 is 0 Å². The van der Waals surface area contributed by atoms with Crippen molar-refractivity contribution in [3.8, 4) is 0 Å². The zero-order valence-electron chi connectivity index (χ0n) is 17.3. The molecule has 0 unspecified atom stereocenters. The number of hydrogen-bond acceptors (Lipinski definition) is 5. The van der Waals surface area contributed by atoms with Crippen LogP contribution in [0.5, 0.6) is 0 Å². The second-order valence-electron chi connectivity index (χ2n) is 7.89. The van der Waals surface area contributed by atoms with Crippen molar-refractivity contribution in [3.05, 3.63) is 45.9 Å². The van der Waals surface area contributed by atoms with E-state index in [9.17, 15) is 4.79 Å². The van der Waals surface area contributed by atoms with E-state index in [1.807, 2.05) is 6.92 Å². The number of aromatic nitrogens is 1. The Balaban J connectivity index is 1.36. The van der Waals surface area contributed by atoms with Crippen molar-refractivity contribution in [2.45, 2.75) is 33.6 Å². The van der Waals surface area contributed by atoms with Crippen LogP contribution < -0.4 is 10.2 Å². The van der Waals surface area contributed by atoms with E-state index in [4.69, 9.17) is 0 Å². The summed E-state index contributed by atoms with van der Waals surface area (Å²) in [5, 5.41) is 4.14. The smallest absolute Gasteiger partial charge is 0.263 e. The van der Waals surface area contributed by atoms with Crippen LogP contribution in [0.25, 0.3) is 0 Å². The van der Waals surface area contributed by atoms with Crippen LogP contribution in [0.15, 0.2) is 30.3 Å². The average Bonchev–Trinajstić information content (AvgIpc) is 3.05. The Morgan fingerprint density at radius 1 is 1.18 bits per heavy atom. The van der Waals surface area contributed by atoms with Gasteiger partial charge in [0.05, 0.1) is 10.7 Å². The summed E-state index contributed by atoms with van der Waals surface area (Å²) in [5.74, 6) is 0.586. The van der Waals surface area contributed by atoms with Crippen molar-refractivity contribution in [1.29, 1.82) is 0 Å². The molecule has 1 amide bonds. The lowest BCUT2D eigenvalue weighted by molar-refractivity contribution is 0.0954. The number of nitrogens with one attached hydrogen (secondary N) is 1. The molecule has 28 heavy (non-hydrogen) atoms. The van der Waals surface area contributed by atoms with Gasteiger partial charge in [-0.3, -0.25) is 9.69 Å². The van der Waals surface area contributed by atoms with Crippen molar-refractivity contribution < 1.29 is 4.79 Å². The Labute approximate surface area is 172 Å². The Kier molecular flexibility index (Phi) is 7.45. The SMILES string of the molecule is Cc1nc(CC(C)C)sc1C(=O)NCCCN1CCN(c2ccccc2)CC1. The van der Waals surface area contributed by atoms with Crippen LogP contribution in [0, 0.1) is 12.8 Å². The summed E-state index contributed by atoms with van der Waals surface area (Å²) in [6.07, 6.45) is 1.92. The summed E-state index contributed by atoms with van der Waals surface area (Å²) in [7, 11) is 0. The van der Waals surface area contributed by atoms with Gasteiger partial charge in [0.15, 0.2) is 0 Å². The van der Waals surface area contributed by atoms with Gasteiger partial charge in [-0.2, -0.15) is 0 Å². The van der Waals surface area contributed by atoms with E-state index in [1.165, 1.54) is 5.69 Å². The maximum atomic E-state index is 12.5. The molecule has 0 aliphatic carbocycles. The highest BCUT2D eigenvalue weighted by Crippen LogP contribution is 2.20. The van der Waals surface area contributed by atoms with Crippen LogP contribution in [0.3, 0.4) is 0 Å². The second-order valence-corrected chi connectivity index (χ2v) is 8.98. The van der Waals surface area contributed by atoms with Crippen LogP contribution in [-0.4, -0.2) is 55.1 Å². The summed E-state index contributed by atoms with van der Waals surface area (Å²) < 4.78 is 0. The molecule has 1 aliphatic heterocycles. The third kappa shape index (κ3) is 5.79. The first-order valence-corrected chi connectivity index (χ1v) is 11.1. The third-order valence-corrected chi connectivity index (χ3v) is 6.24.